The van der Waals surface area contributed by atoms with Gasteiger partial charge in [0.25, 0.3) is 0 Å². The van der Waals surface area contributed by atoms with Crippen molar-refractivity contribution in [3.05, 3.63) is 153 Å². The lowest BCUT2D eigenvalue weighted by Gasteiger charge is -2.34. The van der Waals surface area contributed by atoms with Gasteiger partial charge in [-0.25, -0.2) is 14.9 Å². The van der Waals surface area contributed by atoms with Crippen molar-refractivity contribution in [2.75, 3.05) is 26.3 Å². The van der Waals surface area contributed by atoms with Gasteiger partial charge in [0.2, 0.25) is 65.0 Å². The number of rotatable bonds is 49. The summed E-state index contributed by atoms with van der Waals surface area (Å²) in [6, 6.07) is 11.0. The fourth-order valence-corrected chi connectivity index (χ4v) is 12.6. The molecule has 38 heteroatoms. The third-order valence-corrected chi connectivity index (χ3v) is 18.8. The minimum Gasteiger partial charge on any atom is -0.494 e. The number of imidazole rings is 1. The highest BCUT2D eigenvalue weighted by atomic mass is 19.1. The number of aliphatic carboxylic acids is 1. The highest BCUT2D eigenvalue weighted by Gasteiger charge is 2.43. The van der Waals surface area contributed by atoms with Gasteiger partial charge in [0.1, 0.15) is 70.8 Å². The van der Waals surface area contributed by atoms with Crippen molar-refractivity contribution in [1.82, 2.24) is 79.6 Å². The number of hydrazone groups is 1. The maximum atomic E-state index is 15.6. The summed E-state index contributed by atoms with van der Waals surface area (Å²) in [6.07, 6.45) is 2.92. The van der Waals surface area contributed by atoms with E-state index in [0.717, 1.165) is 72.3 Å². The van der Waals surface area contributed by atoms with Crippen LogP contribution in [0.15, 0.2) is 108 Å². The predicted molar refractivity (Wildman–Crippen MR) is 422 cm³/mol. The fourth-order valence-electron chi connectivity index (χ4n) is 12.6. The first-order valence-electron chi connectivity index (χ1n) is 38.1. The third-order valence-electron chi connectivity index (χ3n) is 18.8. The Morgan fingerprint density at radius 3 is 1.95 bits per heavy atom. The highest BCUT2D eigenvalue weighted by molar-refractivity contribution is 6.01. The van der Waals surface area contributed by atoms with Crippen LogP contribution in [0.5, 0.6) is 5.75 Å². The van der Waals surface area contributed by atoms with Crippen LogP contribution in [-0.2, 0) is 89.6 Å². The Balaban J connectivity index is 1.15. The van der Waals surface area contributed by atoms with Crippen LogP contribution < -0.4 is 80.1 Å². The van der Waals surface area contributed by atoms with Crippen molar-refractivity contribution < 1.29 is 87.1 Å². The number of carboxylic acids is 1. The van der Waals surface area contributed by atoms with Crippen LogP contribution in [0.2, 0.25) is 0 Å². The smallest absolute Gasteiger partial charge is 0.305 e. The summed E-state index contributed by atoms with van der Waals surface area (Å²) in [5.74, 6) is -13.6. The summed E-state index contributed by atoms with van der Waals surface area (Å²) in [4.78, 5) is 176. The molecular formula is C78H107FN20O17. The Kier molecular flexibility index (Phi) is 36.5. The monoisotopic (exact) mass is 1610 g/mol. The number of benzene rings is 4. The Morgan fingerprint density at radius 2 is 1.32 bits per heavy atom. The first kappa shape index (κ1) is 92.7. The number of H-pyrrole nitrogens is 1. The number of aromatic amines is 1. The molecule has 0 bridgehead atoms. The zero-order valence-electron chi connectivity index (χ0n) is 66.2. The molecule has 1 unspecified atom stereocenters. The number of aliphatic hydroxyl groups excluding tert-OH is 3. The number of amidine groups is 1. The predicted octanol–water partition coefficient (Wildman–Crippen LogP) is 0.785. The third kappa shape index (κ3) is 30.0. The molecule has 0 saturated heterocycles. The number of halogens is 1. The number of nitrogens with two attached hydrogens (primary N) is 1. The molecule has 2 heterocycles. The molecule has 1 aromatic heterocycles. The van der Waals surface area contributed by atoms with Gasteiger partial charge in [-0.1, -0.05) is 96.3 Å². The number of aryl methyl sites for hydroxylation is 5. The van der Waals surface area contributed by atoms with Crippen LogP contribution in [-0.4, -0.2) is 199 Å². The standard InChI is InChI=1S/C78H107FN20O17/c1-9-50-36-54(116-31-16-15-30-85-97-81)28-29-55(50)51-26-24-48(25-27-51)35-58(70(109)86-57(68(80)107)22-17-18-49-33-44(2)32-45(3)34-49)87-71(110)60(38-65(105)106)88-72(111)61(42-100)89-73(112)66(46(4)101)92-76(115)78(8,39-52-19-13-14-21-56(52)79)94-74(113)67(47(5)102)91-64(104)41-83-69(108)59(37-62-95-98-99-96-62)90-75(114)77(6,7)93-63(103)23-12-10-11-20-53-40-82-43-84-53/h13-14,19,21,24-29,32-34,36,40,43,46-47,57-61,66-67,98-102H,9-12,15-18,20,22-23,30-31,35,37-39,41-42H2,1-8H3,(H2,80,107)(H,82,84)(H,83,108)(H,86,109)(H,87,110)(H,88,111)(H,89,112)(H,90,114)(H,91,104)(H,92,115)(H,93,103)(H,94,113)(H,95,96)(H,105,106)/t46?,47-,57+,58+,59+,60+,61+,66+,67+,78+/m1/s1. The zero-order valence-corrected chi connectivity index (χ0v) is 66.2. The van der Waals surface area contributed by atoms with Gasteiger partial charge in [0.05, 0.1) is 50.4 Å². The van der Waals surface area contributed by atoms with E-state index < -0.39 is 168 Å². The van der Waals surface area contributed by atoms with Gasteiger partial charge in [-0.3, -0.25) is 63.0 Å². The minimum absolute atomic E-state index is 0.0686. The topological polar surface area (TPSA) is 567 Å². The Bertz CT molecular complexity index is 4290. The first-order valence-corrected chi connectivity index (χ1v) is 38.1. The molecule has 37 nitrogen and oxygen atoms in total. The molecule has 20 N–H and O–H groups in total. The summed E-state index contributed by atoms with van der Waals surface area (Å²) in [7, 11) is 0. The Hall–Kier alpha value is -12.1. The summed E-state index contributed by atoms with van der Waals surface area (Å²) in [5, 5.41) is 74.3. The largest absolute Gasteiger partial charge is 0.494 e. The van der Waals surface area contributed by atoms with Crippen LogP contribution in [0.4, 0.5) is 4.39 Å². The SMILES string of the molecule is CCc1cc(OCCCCN=[N+]=[N-])ccc1-c1ccc(C[C@H](NC(=O)[C@H](CC(=O)O)NC(=O)[C@H](CO)NC(=O)[C@@H](NC(=O)[C@](C)(Cc2ccccc2F)NC(=O)[C@@H](NC(=O)CNC(=O)[C@H](CC2=NNNN2)NC(=O)C(C)(C)NC(=O)CCCCCc2c[nH]cn2)[C@@H](C)O)C(C)O)C(=O)N[C@@H](CCCc2cc(C)cc(C)c2)C(N)=O)cc1. The number of amides is 11. The van der Waals surface area contributed by atoms with Crippen LogP contribution in [0, 0.1) is 19.7 Å². The van der Waals surface area contributed by atoms with E-state index in [1.807, 2.05) is 57.2 Å². The van der Waals surface area contributed by atoms with Crippen molar-refractivity contribution in [2.24, 2.45) is 15.9 Å². The van der Waals surface area contributed by atoms with E-state index in [9.17, 15) is 78.0 Å². The number of ether oxygens (including phenoxy) is 1. The number of unbranched alkanes of at least 4 members (excludes halogenated alkanes) is 3. The molecule has 0 radical (unpaired) electrons. The number of hydrogen-bond acceptors (Lipinski definition) is 22. The van der Waals surface area contributed by atoms with Gasteiger partial charge in [0.15, 0.2) is 0 Å². The molecule has 5 aromatic rings. The van der Waals surface area contributed by atoms with E-state index >= 15 is 4.39 Å². The van der Waals surface area contributed by atoms with E-state index in [1.165, 1.54) is 32.0 Å². The maximum absolute atomic E-state index is 15.6. The Morgan fingerprint density at radius 1 is 0.664 bits per heavy atom. The van der Waals surface area contributed by atoms with E-state index in [2.05, 4.69) is 94.8 Å². The quantitative estimate of drug-likeness (QED) is 0.0111. The number of hydrogen-bond donors (Lipinski definition) is 19. The van der Waals surface area contributed by atoms with Crippen molar-refractivity contribution in [1.29, 1.82) is 0 Å². The molecule has 0 spiro atoms. The summed E-state index contributed by atoms with van der Waals surface area (Å²) in [6.45, 7) is 10.4. The molecular weight excluding hydrogens is 1510 g/mol. The van der Waals surface area contributed by atoms with Gasteiger partial charge in [0, 0.05) is 43.3 Å². The van der Waals surface area contributed by atoms with Gasteiger partial charge >= 0.3 is 5.97 Å². The number of carbonyl (C=O) groups is 12. The number of aromatic nitrogens is 2. The molecule has 11 amide bonds. The number of nitrogens with zero attached hydrogens (tertiary/aromatic N) is 5. The number of carboxylic acid groups (broad SMARTS) is 1. The number of aliphatic hydroxyl groups is 3. The van der Waals surface area contributed by atoms with E-state index in [1.54, 1.807) is 36.8 Å². The van der Waals surface area contributed by atoms with Crippen LogP contribution in [0.25, 0.3) is 21.6 Å². The molecule has 0 saturated carbocycles. The maximum Gasteiger partial charge on any atom is 0.305 e. The van der Waals surface area contributed by atoms with Crippen molar-refractivity contribution in [3.8, 4) is 16.9 Å². The molecule has 4 aromatic carbocycles. The van der Waals surface area contributed by atoms with E-state index in [-0.39, 0.29) is 37.1 Å². The summed E-state index contributed by atoms with van der Waals surface area (Å²) in [5.41, 5.74) is 24.8. The average molecular weight is 1620 g/mol. The number of azide groups is 1. The lowest BCUT2D eigenvalue weighted by atomic mass is 9.90. The van der Waals surface area contributed by atoms with Crippen molar-refractivity contribution >= 4 is 76.8 Å². The van der Waals surface area contributed by atoms with Crippen LogP contribution in [0.3, 0.4) is 0 Å². The van der Waals surface area contributed by atoms with E-state index in [4.69, 9.17) is 16.0 Å². The van der Waals surface area contributed by atoms with Gasteiger partial charge in [-0.05, 0) is 163 Å². The normalized spacial score (nSPS) is 14.6. The molecule has 6 rings (SSSR count). The summed E-state index contributed by atoms with van der Waals surface area (Å²) >= 11 is 0. The lowest BCUT2D eigenvalue weighted by Crippen LogP contribution is -2.67. The molecule has 0 fully saturated rings. The molecule has 116 heavy (non-hydrogen) atoms. The highest BCUT2D eigenvalue weighted by Crippen LogP contribution is 2.29. The molecule has 0 aliphatic carbocycles. The van der Waals surface area contributed by atoms with Gasteiger partial charge in [-0.15, -0.1) is 10.6 Å². The molecule has 1 aliphatic heterocycles. The minimum atomic E-state index is -2.40. The molecule has 10 atom stereocenters. The first-order chi connectivity index (χ1) is 55.1. The second-order valence-electron chi connectivity index (χ2n) is 29.1. The second-order valence-corrected chi connectivity index (χ2v) is 29.1. The zero-order chi connectivity index (χ0) is 85.2. The van der Waals surface area contributed by atoms with Gasteiger partial charge < -0.3 is 89.0 Å². The Labute approximate surface area is 670 Å². The average Bonchev–Trinajstić information content (AvgIpc) is 1.05. The second kappa shape index (κ2) is 45.7. The molecule has 628 valence electrons. The van der Waals surface area contributed by atoms with Crippen LogP contribution in [0.1, 0.15) is 145 Å². The number of primary amides is 1. The number of nitrogens with one attached hydrogen (secondary N) is 14. The van der Waals surface area contributed by atoms with Crippen molar-refractivity contribution in [2.45, 2.75) is 217 Å². The molecule has 1 aliphatic rings. The lowest BCUT2D eigenvalue weighted by molar-refractivity contribution is -0.142. The fraction of sp³-hybridized carbons (Fsp3) is 0.487. The van der Waals surface area contributed by atoms with Gasteiger partial charge in [-0.2, -0.15) is 0 Å². The van der Waals surface area contributed by atoms with Crippen LogP contribution >= 0.6 is 0 Å². The number of hydrazine groups is 2. The number of carbonyl (C=O) groups excluding carboxylic acids is 11. The summed E-state index contributed by atoms with van der Waals surface area (Å²) < 4.78 is 21.5. The van der Waals surface area contributed by atoms with E-state index in [0.29, 0.717) is 75.8 Å². The van der Waals surface area contributed by atoms with Crippen molar-refractivity contribution in [3.63, 3.8) is 0 Å².